The lowest BCUT2D eigenvalue weighted by Gasteiger charge is -2.18. The van der Waals surface area contributed by atoms with Gasteiger partial charge in [0.1, 0.15) is 11.5 Å². The minimum Gasteiger partial charge on any atom is -0.508 e. The SMILES string of the molecule is CCCOc1ccc(-c2cccc(O)c2)cc1C(=O)NC(CO)Cc1c[nH]c2ccccc12. The minimum absolute atomic E-state index is 0.156. The summed E-state index contributed by atoms with van der Waals surface area (Å²) < 4.78 is 5.82. The first-order valence-electron chi connectivity index (χ1n) is 11.1. The van der Waals surface area contributed by atoms with Gasteiger partial charge in [-0.05, 0) is 59.9 Å². The number of aliphatic hydroxyl groups is 1. The van der Waals surface area contributed by atoms with Crippen molar-refractivity contribution in [3.05, 3.63) is 84.1 Å². The smallest absolute Gasteiger partial charge is 0.255 e. The molecule has 0 aliphatic rings. The van der Waals surface area contributed by atoms with Crippen molar-refractivity contribution in [3.63, 3.8) is 0 Å². The van der Waals surface area contributed by atoms with Crippen molar-refractivity contribution in [1.82, 2.24) is 10.3 Å². The lowest BCUT2D eigenvalue weighted by molar-refractivity contribution is 0.0912. The number of carbonyl (C=O) groups is 1. The average molecular weight is 445 g/mol. The van der Waals surface area contributed by atoms with Crippen LogP contribution in [0.25, 0.3) is 22.0 Å². The summed E-state index contributed by atoms with van der Waals surface area (Å²) in [5, 5.41) is 23.9. The van der Waals surface area contributed by atoms with Gasteiger partial charge in [0.25, 0.3) is 5.91 Å². The van der Waals surface area contributed by atoms with E-state index in [-0.39, 0.29) is 18.3 Å². The predicted octanol–water partition coefficient (Wildman–Crippen LogP) is 4.66. The van der Waals surface area contributed by atoms with Crippen LogP contribution in [0.4, 0.5) is 0 Å². The van der Waals surface area contributed by atoms with Gasteiger partial charge in [-0.25, -0.2) is 0 Å². The molecule has 3 aromatic carbocycles. The van der Waals surface area contributed by atoms with Crippen LogP contribution in [0.2, 0.25) is 0 Å². The summed E-state index contributed by atoms with van der Waals surface area (Å²) in [7, 11) is 0. The molecule has 170 valence electrons. The van der Waals surface area contributed by atoms with Gasteiger partial charge in [0.15, 0.2) is 0 Å². The minimum atomic E-state index is -0.458. The van der Waals surface area contributed by atoms with Crippen molar-refractivity contribution in [2.45, 2.75) is 25.8 Å². The average Bonchev–Trinajstić information content (AvgIpc) is 3.25. The Morgan fingerprint density at radius 3 is 2.67 bits per heavy atom. The third-order valence-electron chi connectivity index (χ3n) is 5.56. The number of ether oxygens (including phenoxy) is 1. The number of H-pyrrole nitrogens is 1. The summed E-state index contributed by atoms with van der Waals surface area (Å²) in [5.74, 6) is 0.327. The molecule has 1 amide bonds. The Kier molecular flexibility index (Phi) is 6.95. The first-order valence-corrected chi connectivity index (χ1v) is 11.1. The van der Waals surface area contributed by atoms with Crippen LogP contribution in [0.3, 0.4) is 0 Å². The van der Waals surface area contributed by atoms with E-state index in [1.54, 1.807) is 30.3 Å². The summed E-state index contributed by atoms with van der Waals surface area (Å²) in [6, 6.07) is 19.8. The Hall–Kier alpha value is -3.77. The van der Waals surface area contributed by atoms with E-state index >= 15 is 0 Å². The van der Waals surface area contributed by atoms with E-state index in [0.717, 1.165) is 34.0 Å². The lowest BCUT2D eigenvalue weighted by atomic mass is 10.0. The lowest BCUT2D eigenvalue weighted by Crippen LogP contribution is -2.39. The molecule has 6 heteroatoms. The quantitative estimate of drug-likeness (QED) is 0.302. The number of aromatic hydroxyl groups is 1. The molecule has 1 atom stereocenters. The number of carbonyl (C=O) groups excluding carboxylic acids is 1. The zero-order valence-electron chi connectivity index (χ0n) is 18.5. The molecule has 4 rings (SSSR count). The monoisotopic (exact) mass is 444 g/mol. The first kappa shape index (κ1) is 22.4. The maximum Gasteiger partial charge on any atom is 0.255 e. The van der Waals surface area contributed by atoms with E-state index < -0.39 is 6.04 Å². The third kappa shape index (κ3) is 5.18. The fourth-order valence-corrected chi connectivity index (χ4v) is 3.90. The number of hydrogen-bond acceptors (Lipinski definition) is 4. The van der Waals surface area contributed by atoms with Crippen molar-refractivity contribution in [1.29, 1.82) is 0 Å². The molecule has 4 N–H and O–H groups in total. The molecule has 4 aromatic rings. The van der Waals surface area contributed by atoms with Crippen molar-refractivity contribution < 1.29 is 19.7 Å². The Morgan fingerprint density at radius 1 is 1.06 bits per heavy atom. The van der Waals surface area contributed by atoms with Gasteiger partial charge in [-0.3, -0.25) is 4.79 Å². The summed E-state index contributed by atoms with van der Waals surface area (Å²) in [6.45, 7) is 2.30. The molecule has 0 radical (unpaired) electrons. The van der Waals surface area contributed by atoms with Crippen molar-refractivity contribution in [3.8, 4) is 22.6 Å². The molecule has 1 heterocycles. The van der Waals surface area contributed by atoms with E-state index in [1.807, 2.05) is 49.5 Å². The number of amides is 1. The van der Waals surface area contributed by atoms with Crippen molar-refractivity contribution in [2.75, 3.05) is 13.2 Å². The number of para-hydroxylation sites is 1. The van der Waals surface area contributed by atoms with Gasteiger partial charge in [-0.2, -0.15) is 0 Å². The molecule has 0 saturated carbocycles. The third-order valence-corrected chi connectivity index (χ3v) is 5.56. The van der Waals surface area contributed by atoms with Crippen LogP contribution in [-0.4, -0.2) is 40.4 Å². The van der Waals surface area contributed by atoms with Gasteiger partial charge < -0.3 is 25.3 Å². The first-order chi connectivity index (χ1) is 16.1. The highest BCUT2D eigenvalue weighted by Crippen LogP contribution is 2.29. The van der Waals surface area contributed by atoms with E-state index in [9.17, 15) is 15.0 Å². The highest BCUT2D eigenvalue weighted by molar-refractivity contribution is 5.98. The molecule has 6 nitrogen and oxygen atoms in total. The molecule has 0 spiro atoms. The number of aromatic amines is 1. The molecule has 1 aromatic heterocycles. The molecule has 0 aliphatic heterocycles. The topological polar surface area (TPSA) is 94.6 Å². The van der Waals surface area contributed by atoms with Crippen LogP contribution in [-0.2, 0) is 6.42 Å². The molecular weight excluding hydrogens is 416 g/mol. The zero-order chi connectivity index (χ0) is 23.2. The summed E-state index contributed by atoms with van der Waals surface area (Å²) in [5.41, 5.74) is 4.02. The summed E-state index contributed by atoms with van der Waals surface area (Å²) >= 11 is 0. The molecule has 33 heavy (non-hydrogen) atoms. The summed E-state index contributed by atoms with van der Waals surface area (Å²) in [4.78, 5) is 16.5. The number of nitrogens with one attached hydrogen (secondary N) is 2. The van der Waals surface area contributed by atoms with Crippen LogP contribution < -0.4 is 10.1 Å². The van der Waals surface area contributed by atoms with E-state index in [2.05, 4.69) is 10.3 Å². The van der Waals surface area contributed by atoms with Gasteiger partial charge in [-0.15, -0.1) is 0 Å². The van der Waals surface area contributed by atoms with Gasteiger partial charge in [-0.1, -0.05) is 43.3 Å². The van der Waals surface area contributed by atoms with Crippen molar-refractivity contribution >= 4 is 16.8 Å². The fraction of sp³-hybridized carbons (Fsp3) is 0.222. The van der Waals surface area contributed by atoms with Gasteiger partial charge in [0.05, 0.1) is 24.8 Å². The highest BCUT2D eigenvalue weighted by Gasteiger charge is 2.19. The highest BCUT2D eigenvalue weighted by atomic mass is 16.5. The zero-order valence-corrected chi connectivity index (χ0v) is 18.5. The second-order valence-electron chi connectivity index (χ2n) is 8.03. The number of aromatic nitrogens is 1. The molecule has 0 fully saturated rings. The maximum atomic E-state index is 13.3. The van der Waals surface area contributed by atoms with Crippen LogP contribution >= 0.6 is 0 Å². The molecule has 0 aliphatic carbocycles. The Labute approximate surface area is 192 Å². The maximum absolute atomic E-state index is 13.3. The van der Waals surface area contributed by atoms with E-state index in [4.69, 9.17) is 4.74 Å². The largest absolute Gasteiger partial charge is 0.508 e. The normalized spacial score (nSPS) is 11.9. The molecule has 0 saturated heterocycles. The van der Waals surface area contributed by atoms with Crippen LogP contribution in [0, 0.1) is 0 Å². The van der Waals surface area contributed by atoms with Gasteiger partial charge in [0.2, 0.25) is 0 Å². The predicted molar refractivity (Wildman–Crippen MR) is 130 cm³/mol. The Morgan fingerprint density at radius 2 is 1.88 bits per heavy atom. The second kappa shape index (κ2) is 10.2. The Balaban J connectivity index is 1.59. The molecule has 0 bridgehead atoms. The number of hydrogen-bond donors (Lipinski definition) is 4. The number of aliphatic hydroxyl groups excluding tert-OH is 1. The number of benzene rings is 3. The second-order valence-corrected chi connectivity index (χ2v) is 8.03. The van der Waals surface area contributed by atoms with E-state index in [0.29, 0.717) is 24.3 Å². The van der Waals surface area contributed by atoms with Gasteiger partial charge in [0, 0.05) is 17.1 Å². The van der Waals surface area contributed by atoms with E-state index in [1.165, 1.54) is 0 Å². The summed E-state index contributed by atoms with van der Waals surface area (Å²) in [6.07, 6.45) is 3.22. The van der Waals surface area contributed by atoms with Crippen LogP contribution in [0.5, 0.6) is 11.5 Å². The number of phenolic OH excluding ortho intramolecular Hbond substituents is 1. The molecule has 1 unspecified atom stereocenters. The number of fused-ring (bicyclic) bond motifs is 1. The Bertz CT molecular complexity index is 1250. The van der Waals surface area contributed by atoms with Crippen molar-refractivity contribution in [2.24, 2.45) is 0 Å². The fourth-order valence-electron chi connectivity index (χ4n) is 3.90. The number of rotatable bonds is 9. The molecular formula is C27H28N2O4. The van der Waals surface area contributed by atoms with Gasteiger partial charge >= 0.3 is 0 Å². The van der Waals surface area contributed by atoms with Crippen LogP contribution in [0.1, 0.15) is 29.3 Å². The standard InChI is InChI=1S/C27H28N2O4/c1-2-12-33-26-11-10-19(18-6-5-7-22(31)14-18)15-24(26)27(32)29-21(17-30)13-20-16-28-25-9-4-3-8-23(20)25/h3-11,14-16,21,28,30-31H,2,12-13,17H2,1H3,(H,29,32). The van der Waals surface area contributed by atoms with Crippen LogP contribution in [0.15, 0.2) is 72.9 Å². The number of phenols is 1.